The van der Waals surface area contributed by atoms with E-state index in [2.05, 4.69) is 25.6 Å². The minimum Gasteiger partial charge on any atom is -0.423 e. The van der Waals surface area contributed by atoms with E-state index in [4.69, 9.17) is 10.5 Å². The molecule has 0 saturated carbocycles. The van der Waals surface area contributed by atoms with Crippen molar-refractivity contribution in [3.8, 4) is 22.9 Å². The molecule has 0 spiro atoms. The fourth-order valence-electron chi connectivity index (χ4n) is 3.44. The molecular formula is C21H23FN6O. The summed E-state index contributed by atoms with van der Waals surface area (Å²) in [6.45, 7) is 3.12. The molecule has 0 bridgehead atoms. The number of aromatic nitrogens is 3. The summed E-state index contributed by atoms with van der Waals surface area (Å²) in [6.07, 6.45) is 2.99. The van der Waals surface area contributed by atoms with E-state index in [1.54, 1.807) is 13.2 Å². The van der Waals surface area contributed by atoms with Crippen LogP contribution >= 0.6 is 0 Å². The van der Waals surface area contributed by atoms with E-state index < -0.39 is 0 Å². The van der Waals surface area contributed by atoms with Crippen molar-refractivity contribution < 1.29 is 9.13 Å². The number of ether oxygens (including phenoxy) is 1. The summed E-state index contributed by atoms with van der Waals surface area (Å²) in [5.41, 5.74) is 10.7. The Morgan fingerprint density at radius 3 is 2.83 bits per heavy atom. The molecule has 29 heavy (non-hydrogen) atoms. The Labute approximate surface area is 168 Å². The number of nitrogens with zero attached hydrogens (tertiary/aromatic N) is 3. The summed E-state index contributed by atoms with van der Waals surface area (Å²) in [4.78, 5) is 13.4. The van der Waals surface area contributed by atoms with Gasteiger partial charge in [0.1, 0.15) is 17.4 Å². The Balaban J connectivity index is 1.76. The third-order valence-corrected chi connectivity index (χ3v) is 4.83. The van der Waals surface area contributed by atoms with Crippen molar-refractivity contribution in [2.45, 2.75) is 19.8 Å². The molecule has 0 amide bonds. The summed E-state index contributed by atoms with van der Waals surface area (Å²) in [7, 11) is 1.78. The highest BCUT2D eigenvalue weighted by atomic mass is 19.1. The maximum absolute atomic E-state index is 14.2. The molecule has 2 aromatic heterocycles. The third-order valence-electron chi connectivity index (χ3n) is 4.83. The number of nitrogens with two attached hydrogens (primary N) is 1. The highest BCUT2D eigenvalue weighted by Crippen LogP contribution is 2.44. The number of anilines is 2. The second-order valence-corrected chi connectivity index (χ2v) is 6.89. The van der Waals surface area contributed by atoms with Crippen LogP contribution in [0, 0.1) is 12.7 Å². The van der Waals surface area contributed by atoms with Crippen molar-refractivity contribution >= 4 is 11.5 Å². The van der Waals surface area contributed by atoms with Gasteiger partial charge in [0.05, 0.1) is 11.9 Å². The van der Waals surface area contributed by atoms with Gasteiger partial charge in [-0.05, 0) is 55.3 Å². The lowest BCUT2D eigenvalue weighted by molar-refractivity contribution is 0.439. The number of benzene rings is 1. The molecule has 1 aliphatic rings. The first-order chi connectivity index (χ1) is 14.1. The summed E-state index contributed by atoms with van der Waals surface area (Å²) in [5, 5.41) is 6.38. The van der Waals surface area contributed by atoms with E-state index in [0.717, 1.165) is 40.2 Å². The Bertz CT molecular complexity index is 1040. The fourth-order valence-corrected chi connectivity index (χ4v) is 3.44. The molecule has 7 nitrogen and oxygen atoms in total. The average Bonchev–Trinajstić information content (AvgIpc) is 3.07. The summed E-state index contributed by atoms with van der Waals surface area (Å²) in [6, 6.07) is 6.94. The number of nitrogens with one attached hydrogen (secondary N) is 2. The van der Waals surface area contributed by atoms with Crippen LogP contribution in [0.4, 0.5) is 15.9 Å². The molecule has 4 rings (SSSR count). The van der Waals surface area contributed by atoms with Gasteiger partial charge >= 0.3 is 6.01 Å². The summed E-state index contributed by atoms with van der Waals surface area (Å²) in [5.74, 6) is 0.866. The maximum Gasteiger partial charge on any atom is 0.324 e. The normalized spacial score (nSPS) is 11.7. The Kier molecular flexibility index (Phi) is 5.26. The minimum atomic E-state index is -0.306. The summed E-state index contributed by atoms with van der Waals surface area (Å²) >= 11 is 0. The molecular weight excluding hydrogens is 371 g/mol. The predicted octanol–water partition coefficient (Wildman–Crippen LogP) is 3.49. The molecule has 0 radical (unpaired) electrons. The Morgan fingerprint density at radius 1 is 1.24 bits per heavy atom. The summed E-state index contributed by atoms with van der Waals surface area (Å²) < 4.78 is 20.0. The molecule has 0 saturated heterocycles. The Morgan fingerprint density at radius 2 is 2.10 bits per heavy atom. The first kappa shape index (κ1) is 19.1. The lowest BCUT2D eigenvalue weighted by atomic mass is 10.0. The molecule has 0 unspecified atom stereocenters. The van der Waals surface area contributed by atoms with Gasteiger partial charge < -0.3 is 21.1 Å². The molecule has 4 N–H and O–H groups in total. The van der Waals surface area contributed by atoms with Gasteiger partial charge in [0.15, 0.2) is 0 Å². The van der Waals surface area contributed by atoms with Crippen LogP contribution in [-0.2, 0) is 6.42 Å². The van der Waals surface area contributed by atoms with Crippen LogP contribution in [-0.4, -0.2) is 35.1 Å². The number of fused-ring (bicyclic) bond motifs is 3. The third kappa shape index (κ3) is 3.84. The van der Waals surface area contributed by atoms with Gasteiger partial charge in [0.2, 0.25) is 0 Å². The number of halogens is 1. The van der Waals surface area contributed by atoms with Gasteiger partial charge in [-0.2, -0.15) is 9.97 Å². The fraction of sp³-hybridized carbons (Fsp3) is 0.286. The first-order valence-corrected chi connectivity index (χ1v) is 9.55. The maximum atomic E-state index is 14.2. The molecule has 2 heterocycles. The highest BCUT2D eigenvalue weighted by Gasteiger charge is 2.28. The molecule has 0 fully saturated rings. The zero-order valence-electron chi connectivity index (χ0n) is 16.4. The standard InChI is InChI=1S/C21H23FN6O/c1-12-4-5-14(11-26-12)29-21-27-18-10-15-16(8-13(22)9-17(15)24-2)19(18)20(28-21)25-7-3-6-23/h4-5,8-9,11,24H,3,6-7,10,23H2,1-2H3,(H,25,27,28). The van der Waals surface area contributed by atoms with Crippen LogP contribution in [0.2, 0.25) is 0 Å². The SMILES string of the molecule is CNc1cc(F)cc2c1Cc1nc(Oc3ccc(C)nc3)nc(NCCCN)c1-2. The predicted molar refractivity (Wildman–Crippen MR) is 111 cm³/mol. The monoisotopic (exact) mass is 394 g/mol. The quantitative estimate of drug-likeness (QED) is 0.413. The van der Waals surface area contributed by atoms with Gasteiger partial charge in [-0.1, -0.05) is 0 Å². The lowest BCUT2D eigenvalue weighted by Gasteiger charge is -2.13. The molecule has 3 aromatic rings. The first-order valence-electron chi connectivity index (χ1n) is 9.55. The van der Waals surface area contributed by atoms with Gasteiger partial charge in [-0.15, -0.1) is 0 Å². The van der Waals surface area contributed by atoms with Crippen molar-refractivity contribution in [2.24, 2.45) is 5.73 Å². The van der Waals surface area contributed by atoms with E-state index in [1.807, 2.05) is 19.1 Å². The molecule has 150 valence electrons. The van der Waals surface area contributed by atoms with E-state index in [0.29, 0.717) is 31.1 Å². The van der Waals surface area contributed by atoms with E-state index in [-0.39, 0.29) is 11.8 Å². The zero-order chi connectivity index (χ0) is 20.4. The molecule has 1 aromatic carbocycles. The minimum absolute atomic E-state index is 0.226. The van der Waals surface area contributed by atoms with Gasteiger partial charge in [0, 0.05) is 37.0 Å². The van der Waals surface area contributed by atoms with E-state index >= 15 is 0 Å². The van der Waals surface area contributed by atoms with E-state index in [9.17, 15) is 4.39 Å². The van der Waals surface area contributed by atoms with Crippen LogP contribution < -0.4 is 21.1 Å². The molecule has 8 heteroatoms. The second kappa shape index (κ2) is 8.00. The second-order valence-electron chi connectivity index (χ2n) is 6.89. The zero-order valence-corrected chi connectivity index (χ0v) is 16.4. The van der Waals surface area contributed by atoms with Crippen molar-refractivity contribution in [2.75, 3.05) is 30.8 Å². The number of pyridine rings is 1. The van der Waals surface area contributed by atoms with Gasteiger partial charge in [-0.25, -0.2) is 4.39 Å². The van der Waals surface area contributed by atoms with Crippen molar-refractivity contribution in [3.05, 3.63) is 53.2 Å². The topological polar surface area (TPSA) is 98.0 Å². The van der Waals surface area contributed by atoms with Crippen LogP contribution in [0.3, 0.4) is 0 Å². The Hall–Kier alpha value is -3.26. The van der Waals surface area contributed by atoms with Crippen molar-refractivity contribution in [1.29, 1.82) is 0 Å². The molecule has 0 aliphatic heterocycles. The number of hydrogen-bond donors (Lipinski definition) is 3. The average molecular weight is 394 g/mol. The smallest absolute Gasteiger partial charge is 0.324 e. The molecule has 1 aliphatic carbocycles. The largest absolute Gasteiger partial charge is 0.423 e. The van der Waals surface area contributed by atoms with Crippen LogP contribution in [0.5, 0.6) is 11.8 Å². The van der Waals surface area contributed by atoms with Crippen LogP contribution in [0.15, 0.2) is 30.5 Å². The van der Waals surface area contributed by atoms with Crippen molar-refractivity contribution in [3.63, 3.8) is 0 Å². The number of aryl methyl sites for hydroxylation is 1. The number of rotatable bonds is 7. The van der Waals surface area contributed by atoms with Crippen LogP contribution in [0.25, 0.3) is 11.1 Å². The van der Waals surface area contributed by atoms with Crippen molar-refractivity contribution in [1.82, 2.24) is 15.0 Å². The highest BCUT2D eigenvalue weighted by molar-refractivity contribution is 5.87. The van der Waals surface area contributed by atoms with Gasteiger partial charge in [0.25, 0.3) is 0 Å². The number of hydrogen-bond acceptors (Lipinski definition) is 7. The van der Waals surface area contributed by atoms with E-state index in [1.165, 1.54) is 12.1 Å². The molecule has 0 atom stereocenters. The lowest BCUT2D eigenvalue weighted by Crippen LogP contribution is -2.11. The van der Waals surface area contributed by atoms with Gasteiger partial charge in [-0.3, -0.25) is 4.98 Å². The van der Waals surface area contributed by atoms with Crippen LogP contribution in [0.1, 0.15) is 23.4 Å².